The molecule has 2 rings (SSSR count). The van der Waals surface area contributed by atoms with Gasteiger partial charge in [-0.2, -0.15) is 0 Å². The first kappa shape index (κ1) is 16.5. The predicted molar refractivity (Wildman–Crippen MR) is 94.1 cm³/mol. The molecule has 1 atom stereocenters. The van der Waals surface area contributed by atoms with Crippen molar-refractivity contribution in [2.75, 3.05) is 6.54 Å². The highest BCUT2D eigenvalue weighted by Crippen LogP contribution is 2.25. The Bertz CT molecular complexity index is 538. The topological polar surface area (TPSA) is 21.3 Å². The van der Waals surface area contributed by atoms with E-state index in [1.165, 1.54) is 10.4 Å². The first-order chi connectivity index (χ1) is 10.2. The highest BCUT2D eigenvalue weighted by molar-refractivity contribution is 9.10. The molecule has 1 heterocycles. The highest BCUT2D eigenvalue weighted by atomic mass is 79.9. The number of nitrogens with one attached hydrogen (secondary N) is 1. The Morgan fingerprint density at radius 1 is 1.19 bits per heavy atom. The minimum atomic E-state index is 0.436. The second-order valence-electron chi connectivity index (χ2n) is 4.96. The molecule has 2 nitrogen and oxygen atoms in total. The summed E-state index contributed by atoms with van der Waals surface area (Å²) in [6.07, 6.45) is 2.26. The van der Waals surface area contributed by atoms with Crippen molar-refractivity contribution < 1.29 is 4.74 Å². The van der Waals surface area contributed by atoms with Crippen LogP contribution < -0.4 is 10.1 Å². The summed E-state index contributed by atoms with van der Waals surface area (Å²) in [4.78, 5) is 1.22. The lowest BCUT2D eigenvalue weighted by atomic mass is 10.0. The van der Waals surface area contributed by atoms with E-state index in [2.05, 4.69) is 70.8 Å². The lowest BCUT2D eigenvalue weighted by Gasteiger charge is -2.17. The predicted octanol–water partition coefficient (Wildman–Crippen LogP) is 5.54. The minimum absolute atomic E-state index is 0.436. The second kappa shape index (κ2) is 8.57. The van der Waals surface area contributed by atoms with Crippen molar-refractivity contribution >= 4 is 27.3 Å². The Hall–Kier alpha value is -0.840. The van der Waals surface area contributed by atoms with Crippen LogP contribution in [0.3, 0.4) is 0 Å². The van der Waals surface area contributed by atoms with E-state index in [4.69, 9.17) is 4.74 Å². The molecule has 0 saturated heterocycles. The van der Waals surface area contributed by atoms with Crippen LogP contribution >= 0.6 is 27.3 Å². The van der Waals surface area contributed by atoms with Gasteiger partial charge in [0.15, 0.2) is 0 Å². The number of hydrogen-bond donors (Lipinski definition) is 1. The molecule has 0 bridgehead atoms. The maximum Gasteiger partial charge on any atom is 0.124 e. The van der Waals surface area contributed by atoms with Crippen LogP contribution in [-0.2, 0) is 6.61 Å². The van der Waals surface area contributed by atoms with Crippen LogP contribution in [0.15, 0.2) is 40.2 Å². The van der Waals surface area contributed by atoms with Crippen LogP contribution in [0.4, 0.5) is 0 Å². The van der Waals surface area contributed by atoms with E-state index < -0.39 is 0 Å². The van der Waals surface area contributed by atoms with Gasteiger partial charge in [0, 0.05) is 10.5 Å². The zero-order chi connectivity index (χ0) is 15.1. The van der Waals surface area contributed by atoms with Gasteiger partial charge in [0.1, 0.15) is 12.4 Å². The molecule has 2 aromatic rings. The minimum Gasteiger partial charge on any atom is -0.488 e. The molecule has 0 aliphatic carbocycles. The molecule has 114 valence electrons. The molecule has 0 spiro atoms. The number of thiophene rings is 1. The van der Waals surface area contributed by atoms with Gasteiger partial charge in [0.2, 0.25) is 0 Å². The molecule has 1 aromatic heterocycles. The Kier molecular flexibility index (Phi) is 6.74. The van der Waals surface area contributed by atoms with Gasteiger partial charge in [-0.05, 0) is 64.5 Å². The summed E-state index contributed by atoms with van der Waals surface area (Å²) in [5, 5.41) is 5.64. The third kappa shape index (κ3) is 4.83. The molecule has 0 aliphatic rings. The van der Waals surface area contributed by atoms with Crippen molar-refractivity contribution in [2.24, 2.45) is 0 Å². The SMILES string of the molecule is CCCNC(CC)c1ccc(OCc2sccc2Br)cc1. The Morgan fingerprint density at radius 3 is 2.52 bits per heavy atom. The largest absolute Gasteiger partial charge is 0.488 e. The summed E-state index contributed by atoms with van der Waals surface area (Å²) in [6, 6.07) is 10.9. The molecular formula is C17H22BrNOS. The van der Waals surface area contributed by atoms with Gasteiger partial charge >= 0.3 is 0 Å². The van der Waals surface area contributed by atoms with Gasteiger partial charge < -0.3 is 10.1 Å². The molecule has 1 unspecified atom stereocenters. The van der Waals surface area contributed by atoms with Crippen molar-refractivity contribution in [1.82, 2.24) is 5.32 Å². The number of benzene rings is 1. The standard InChI is InChI=1S/C17H22BrNOS/c1-3-10-19-16(4-2)13-5-7-14(8-6-13)20-12-17-15(18)9-11-21-17/h5-9,11,16,19H,3-4,10,12H2,1-2H3. The quantitative estimate of drug-likeness (QED) is 0.661. The lowest BCUT2D eigenvalue weighted by Crippen LogP contribution is -2.21. The van der Waals surface area contributed by atoms with Crippen LogP contribution in [0.2, 0.25) is 0 Å². The fourth-order valence-corrected chi connectivity index (χ4v) is 3.57. The number of rotatable bonds is 8. The van der Waals surface area contributed by atoms with Crippen molar-refractivity contribution in [1.29, 1.82) is 0 Å². The van der Waals surface area contributed by atoms with Crippen molar-refractivity contribution in [3.8, 4) is 5.75 Å². The lowest BCUT2D eigenvalue weighted by molar-refractivity contribution is 0.309. The normalized spacial score (nSPS) is 12.3. The third-order valence-electron chi connectivity index (χ3n) is 3.39. The molecule has 0 saturated carbocycles. The Balaban J connectivity index is 1.93. The fourth-order valence-electron chi connectivity index (χ4n) is 2.19. The van der Waals surface area contributed by atoms with E-state index in [9.17, 15) is 0 Å². The smallest absolute Gasteiger partial charge is 0.124 e. The van der Waals surface area contributed by atoms with Crippen LogP contribution in [0.1, 0.15) is 43.2 Å². The maximum absolute atomic E-state index is 5.84. The summed E-state index contributed by atoms with van der Waals surface area (Å²) in [7, 11) is 0. The first-order valence-electron chi connectivity index (χ1n) is 7.42. The van der Waals surface area contributed by atoms with Crippen LogP contribution in [0.5, 0.6) is 5.75 Å². The second-order valence-corrected chi connectivity index (χ2v) is 6.82. The molecule has 21 heavy (non-hydrogen) atoms. The van der Waals surface area contributed by atoms with Gasteiger partial charge in [-0.3, -0.25) is 0 Å². The van der Waals surface area contributed by atoms with E-state index in [1.807, 2.05) is 0 Å². The number of halogens is 1. The molecule has 1 N–H and O–H groups in total. The van der Waals surface area contributed by atoms with Crippen molar-refractivity contribution in [3.05, 3.63) is 50.6 Å². The summed E-state index contributed by atoms with van der Waals surface area (Å²) < 4.78 is 6.96. The fraction of sp³-hybridized carbons (Fsp3) is 0.412. The van der Waals surface area contributed by atoms with E-state index >= 15 is 0 Å². The first-order valence-corrected chi connectivity index (χ1v) is 9.09. The highest BCUT2D eigenvalue weighted by Gasteiger charge is 2.08. The van der Waals surface area contributed by atoms with Gasteiger partial charge in [-0.1, -0.05) is 26.0 Å². The van der Waals surface area contributed by atoms with Crippen LogP contribution in [0, 0.1) is 0 Å². The summed E-state index contributed by atoms with van der Waals surface area (Å²) in [5.41, 5.74) is 1.33. The zero-order valence-corrected chi connectivity index (χ0v) is 15.0. The van der Waals surface area contributed by atoms with Gasteiger partial charge in [0.25, 0.3) is 0 Å². The molecule has 0 amide bonds. The molecule has 1 aromatic carbocycles. The molecule has 0 fully saturated rings. The van der Waals surface area contributed by atoms with Crippen molar-refractivity contribution in [2.45, 2.75) is 39.3 Å². The van der Waals surface area contributed by atoms with Crippen molar-refractivity contribution in [3.63, 3.8) is 0 Å². The summed E-state index contributed by atoms with van der Waals surface area (Å²) in [5.74, 6) is 0.921. The molecule has 0 aliphatic heterocycles. The van der Waals surface area contributed by atoms with Gasteiger partial charge in [0.05, 0.1) is 4.88 Å². The van der Waals surface area contributed by atoms with E-state index in [-0.39, 0.29) is 0 Å². The van der Waals surface area contributed by atoms with Gasteiger partial charge in [-0.15, -0.1) is 11.3 Å². The zero-order valence-electron chi connectivity index (χ0n) is 12.6. The van der Waals surface area contributed by atoms with Crippen LogP contribution in [0.25, 0.3) is 0 Å². The molecule has 0 radical (unpaired) electrons. The third-order valence-corrected chi connectivity index (χ3v) is 5.29. The molecular weight excluding hydrogens is 346 g/mol. The average molecular weight is 368 g/mol. The van der Waals surface area contributed by atoms with E-state index in [0.29, 0.717) is 12.6 Å². The number of ether oxygens (including phenoxy) is 1. The Labute approximate surface area is 139 Å². The summed E-state index contributed by atoms with van der Waals surface area (Å²) >= 11 is 5.23. The monoisotopic (exact) mass is 367 g/mol. The summed E-state index contributed by atoms with van der Waals surface area (Å²) in [6.45, 7) is 6.08. The number of hydrogen-bond acceptors (Lipinski definition) is 3. The average Bonchev–Trinajstić information content (AvgIpc) is 2.92. The Morgan fingerprint density at radius 2 is 1.95 bits per heavy atom. The molecule has 4 heteroatoms. The maximum atomic E-state index is 5.84. The van der Waals surface area contributed by atoms with E-state index in [1.54, 1.807) is 11.3 Å². The van der Waals surface area contributed by atoms with Crippen LogP contribution in [-0.4, -0.2) is 6.54 Å². The van der Waals surface area contributed by atoms with E-state index in [0.717, 1.165) is 29.6 Å². The van der Waals surface area contributed by atoms with Gasteiger partial charge in [-0.25, -0.2) is 0 Å².